The number of hydrogen-bond donors (Lipinski definition) is 1. The van der Waals surface area contributed by atoms with Gasteiger partial charge in [-0.15, -0.1) is 10.2 Å². The van der Waals surface area contributed by atoms with E-state index in [0.717, 1.165) is 10.5 Å². The molecule has 0 atom stereocenters. The number of carbonyl (C=O) groups excluding carboxylic acids is 3. The van der Waals surface area contributed by atoms with Gasteiger partial charge < -0.3 is 0 Å². The van der Waals surface area contributed by atoms with Gasteiger partial charge in [-0.25, -0.2) is 0 Å². The number of nitrogens with zero attached hydrogens (tertiary/aromatic N) is 3. The first-order valence-electron chi connectivity index (χ1n) is 7.24. The van der Waals surface area contributed by atoms with Crippen molar-refractivity contribution < 1.29 is 14.4 Å². The van der Waals surface area contributed by atoms with Crippen molar-refractivity contribution in [3.8, 4) is 10.6 Å². The molecule has 25 heavy (non-hydrogen) atoms. The largest absolute Gasteiger partial charge is 0.299 e. The zero-order valence-electron chi connectivity index (χ0n) is 12.6. The maximum absolute atomic E-state index is 12.3. The number of thiophene rings is 1. The van der Waals surface area contributed by atoms with Crippen molar-refractivity contribution in [3.05, 3.63) is 52.2 Å². The van der Waals surface area contributed by atoms with Crippen LogP contribution in [-0.4, -0.2) is 39.4 Å². The van der Waals surface area contributed by atoms with Crippen LogP contribution in [0.5, 0.6) is 0 Å². The molecule has 0 saturated carbocycles. The highest BCUT2D eigenvalue weighted by molar-refractivity contribution is 7.19. The highest BCUT2D eigenvalue weighted by atomic mass is 32.1. The third kappa shape index (κ3) is 2.83. The number of benzene rings is 1. The van der Waals surface area contributed by atoms with Gasteiger partial charge in [-0.05, 0) is 23.6 Å². The van der Waals surface area contributed by atoms with Gasteiger partial charge in [0.1, 0.15) is 11.6 Å². The van der Waals surface area contributed by atoms with Crippen molar-refractivity contribution in [1.29, 1.82) is 0 Å². The molecule has 1 aliphatic rings. The van der Waals surface area contributed by atoms with Gasteiger partial charge in [0.25, 0.3) is 11.8 Å². The van der Waals surface area contributed by atoms with Crippen LogP contribution in [0, 0.1) is 0 Å². The zero-order valence-corrected chi connectivity index (χ0v) is 14.3. The van der Waals surface area contributed by atoms with Crippen LogP contribution < -0.4 is 5.32 Å². The number of carbonyl (C=O) groups is 3. The van der Waals surface area contributed by atoms with Crippen LogP contribution in [0.2, 0.25) is 0 Å². The molecule has 4 rings (SSSR count). The molecule has 1 N–H and O–H groups in total. The molecule has 1 aliphatic heterocycles. The average Bonchev–Trinajstić information content (AvgIpc) is 3.33. The molecule has 124 valence electrons. The summed E-state index contributed by atoms with van der Waals surface area (Å²) in [7, 11) is 0. The van der Waals surface area contributed by atoms with Crippen molar-refractivity contribution >= 4 is 45.5 Å². The maximum Gasteiger partial charge on any atom is 0.262 e. The number of imide groups is 1. The first-order chi connectivity index (χ1) is 12.1. The molecule has 0 saturated heterocycles. The standard InChI is InChI=1S/C16H10N4O3S2/c21-12(17-16-19-18-13(25-16)9-5-6-24-8-9)7-20-14(22)10-3-1-2-4-11(10)15(20)23/h1-6,8H,7H2,(H,17,19,21). The molecule has 0 bridgehead atoms. The van der Waals surface area contributed by atoms with Crippen LogP contribution in [0.1, 0.15) is 20.7 Å². The van der Waals surface area contributed by atoms with E-state index in [-0.39, 0.29) is 6.54 Å². The van der Waals surface area contributed by atoms with Gasteiger partial charge in [0.15, 0.2) is 0 Å². The Hall–Kier alpha value is -2.91. The molecule has 0 fully saturated rings. The number of fused-ring (bicyclic) bond motifs is 1. The molecule has 0 radical (unpaired) electrons. The Morgan fingerprint density at radius 2 is 1.80 bits per heavy atom. The second-order valence-electron chi connectivity index (χ2n) is 5.21. The second-order valence-corrected chi connectivity index (χ2v) is 6.97. The van der Waals surface area contributed by atoms with Crippen LogP contribution in [0.4, 0.5) is 5.13 Å². The number of amides is 3. The number of hydrogen-bond acceptors (Lipinski definition) is 7. The topological polar surface area (TPSA) is 92.3 Å². The summed E-state index contributed by atoms with van der Waals surface area (Å²) in [5.41, 5.74) is 1.57. The lowest BCUT2D eigenvalue weighted by molar-refractivity contribution is -0.116. The van der Waals surface area contributed by atoms with Gasteiger partial charge in [0, 0.05) is 10.9 Å². The third-order valence-corrected chi connectivity index (χ3v) is 5.19. The monoisotopic (exact) mass is 370 g/mol. The SMILES string of the molecule is O=C(CN1C(=O)c2ccccc2C1=O)Nc1nnc(-c2ccsc2)s1. The smallest absolute Gasteiger partial charge is 0.262 e. The fourth-order valence-electron chi connectivity index (χ4n) is 2.46. The van der Waals surface area contributed by atoms with Crippen LogP contribution >= 0.6 is 22.7 Å². The van der Waals surface area contributed by atoms with E-state index >= 15 is 0 Å². The number of aromatic nitrogens is 2. The highest BCUT2D eigenvalue weighted by Gasteiger charge is 2.36. The molecule has 0 aliphatic carbocycles. The lowest BCUT2D eigenvalue weighted by Gasteiger charge is -2.12. The normalized spacial score (nSPS) is 13.2. The molecule has 3 amide bonds. The summed E-state index contributed by atoms with van der Waals surface area (Å²) in [5, 5.41) is 15.4. The summed E-state index contributed by atoms with van der Waals surface area (Å²) in [5.74, 6) is -1.43. The van der Waals surface area contributed by atoms with Crippen molar-refractivity contribution in [2.45, 2.75) is 0 Å². The molecule has 9 heteroatoms. The zero-order chi connectivity index (χ0) is 17.4. The second kappa shape index (κ2) is 6.19. The third-order valence-electron chi connectivity index (χ3n) is 3.62. The molecular weight excluding hydrogens is 360 g/mol. The minimum absolute atomic E-state index is 0.316. The van der Waals surface area contributed by atoms with Gasteiger partial charge in [0.05, 0.1) is 11.1 Å². The molecule has 0 spiro atoms. The van der Waals surface area contributed by atoms with E-state index in [1.165, 1.54) is 11.3 Å². The first kappa shape index (κ1) is 15.6. The summed E-state index contributed by atoms with van der Waals surface area (Å²) in [6, 6.07) is 8.42. The van der Waals surface area contributed by atoms with E-state index in [0.29, 0.717) is 21.3 Å². The van der Waals surface area contributed by atoms with Crippen molar-refractivity contribution in [2.24, 2.45) is 0 Å². The van der Waals surface area contributed by atoms with E-state index < -0.39 is 17.7 Å². The quantitative estimate of drug-likeness (QED) is 0.713. The molecular formula is C16H10N4O3S2. The number of anilines is 1. The Labute approximate surface area is 149 Å². The van der Waals surface area contributed by atoms with Crippen LogP contribution in [-0.2, 0) is 4.79 Å². The van der Waals surface area contributed by atoms with E-state index in [4.69, 9.17) is 0 Å². The summed E-state index contributed by atoms with van der Waals surface area (Å²) in [6.45, 7) is -0.361. The molecule has 1 aromatic carbocycles. The Kier molecular flexibility index (Phi) is 3.86. The maximum atomic E-state index is 12.3. The minimum atomic E-state index is -0.498. The first-order valence-corrected chi connectivity index (χ1v) is 9.00. The van der Waals surface area contributed by atoms with Crippen molar-refractivity contribution in [1.82, 2.24) is 15.1 Å². The van der Waals surface area contributed by atoms with Gasteiger partial charge in [-0.3, -0.25) is 24.6 Å². The highest BCUT2D eigenvalue weighted by Crippen LogP contribution is 2.28. The Morgan fingerprint density at radius 1 is 1.08 bits per heavy atom. The Bertz CT molecular complexity index is 946. The van der Waals surface area contributed by atoms with E-state index in [9.17, 15) is 14.4 Å². The van der Waals surface area contributed by atoms with Gasteiger partial charge in [0.2, 0.25) is 11.0 Å². The fraction of sp³-hybridized carbons (Fsp3) is 0.0625. The predicted octanol–water partition coefficient (Wildman–Crippen LogP) is 2.50. The van der Waals surface area contributed by atoms with Crippen LogP contribution in [0.3, 0.4) is 0 Å². The van der Waals surface area contributed by atoms with Gasteiger partial charge in [-0.2, -0.15) is 11.3 Å². The summed E-state index contributed by atoms with van der Waals surface area (Å²) in [6.07, 6.45) is 0. The lowest BCUT2D eigenvalue weighted by atomic mass is 10.1. The van der Waals surface area contributed by atoms with Crippen molar-refractivity contribution in [2.75, 3.05) is 11.9 Å². The number of nitrogens with one attached hydrogen (secondary N) is 1. The lowest BCUT2D eigenvalue weighted by Crippen LogP contribution is -2.37. The minimum Gasteiger partial charge on any atom is -0.299 e. The van der Waals surface area contributed by atoms with Gasteiger partial charge in [-0.1, -0.05) is 23.5 Å². The molecule has 7 nitrogen and oxygen atoms in total. The fourth-order valence-corrected chi connectivity index (χ4v) is 3.93. The molecule has 0 unspecified atom stereocenters. The van der Waals surface area contributed by atoms with Crippen LogP contribution in [0.25, 0.3) is 10.6 Å². The van der Waals surface area contributed by atoms with E-state index in [2.05, 4.69) is 15.5 Å². The van der Waals surface area contributed by atoms with Crippen LogP contribution in [0.15, 0.2) is 41.1 Å². The summed E-state index contributed by atoms with van der Waals surface area (Å²) in [4.78, 5) is 37.6. The summed E-state index contributed by atoms with van der Waals surface area (Å²) < 4.78 is 0. The van der Waals surface area contributed by atoms with E-state index in [1.54, 1.807) is 35.6 Å². The van der Waals surface area contributed by atoms with Crippen molar-refractivity contribution in [3.63, 3.8) is 0 Å². The molecule has 3 heterocycles. The molecule has 3 aromatic rings. The average molecular weight is 370 g/mol. The Balaban J connectivity index is 1.45. The Morgan fingerprint density at radius 3 is 2.44 bits per heavy atom. The number of rotatable bonds is 4. The van der Waals surface area contributed by atoms with Gasteiger partial charge >= 0.3 is 0 Å². The summed E-state index contributed by atoms with van der Waals surface area (Å²) >= 11 is 2.77. The van der Waals surface area contributed by atoms with E-state index in [1.807, 2.05) is 16.8 Å². The molecule has 2 aromatic heterocycles. The predicted molar refractivity (Wildman–Crippen MR) is 93.7 cm³/mol.